The minimum Gasteiger partial charge on any atom is -0.493 e. The second-order valence-electron chi connectivity index (χ2n) is 7.40. The van der Waals surface area contributed by atoms with Gasteiger partial charge in [0, 0.05) is 45.2 Å². The van der Waals surface area contributed by atoms with E-state index in [1.807, 2.05) is 12.1 Å². The fourth-order valence-electron chi connectivity index (χ4n) is 3.94. The molecule has 1 aromatic carbocycles. The van der Waals surface area contributed by atoms with Crippen LogP contribution in [-0.4, -0.2) is 73.7 Å². The van der Waals surface area contributed by atoms with Crippen molar-refractivity contribution in [3.05, 3.63) is 53.9 Å². The standard InChI is InChI=1S/C23H29N3O5/c1-29-16-21(27)26(14-17-7-5-11-24-13-17)18-8-6-12-25(15-18)23(28)19-9-4-10-20(30-2)22(19)31-3/h4-5,7,9-11,13,18H,6,8,12,14-16H2,1-3H3. The molecule has 3 rings (SSSR count). The summed E-state index contributed by atoms with van der Waals surface area (Å²) in [7, 11) is 4.57. The summed E-state index contributed by atoms with van der Waals surface area (Å²) >= 11 is 0. The van der Waals surface area contributed by atoms with Gasteiger partial charge < -0.3 is 24.0 Å². The number of carbonyl (C=O) groups excluding carboxylic acids is 2. The molecule has 0 bridgehead atoms. The Hall–Kier alpha value is -3.13. The molecule has 1 unspecified atom stereocenters. The number of hydrogen-bond acceptors (Lipinski definition) is 6. The van der Waals surface area contributed by atoms with Gasteiger partial charge in [0.2, 0.25) is 5.91 Å². The molecule has 8 nitrogen and oxygen atoms in total. The molecule has 2 amide bonds. The molecule has 166 valence electrons. The van der Waals surface area contributed by atoms with E-state index in [1.165, 1.54) is 14.2 Å². The number of nitrogens with zero attached hydrogens (tertiary/aromatic N) is 3. The lowest BCUT2D eigenvalue weighted by atomic mass is 10.0. The summed E-state index contributed by atoms with van der Waals surface area (Å²) in [5, 5.41) is 0. The van der Waals surface area contributed by atoms with Crippen LogP contribution < -0.4 is 9.47 Å². The molecule has 8 heteroatoms. The van der Waals surface area contributed by atoms with Crippen molar-refractivity contribution < 1.29 is 23.8 Å². The molecular weight excluding hydrogens is 398 g/mol. The Labute approximate surface area is 182 Å². The summed E-state index contributed by atoms with van der Waals surface area (Å²) in [6.45, 7) is 1.48. The zero-order valence-corrected chi connectivity index (χ0v) is 18.2. The number of ether oxygens (including phenoxy) is 3. The molecule has 1 saturated heterocycles. The minimum absolute atomic E-state index is 0.00554. The Bertz CT molecular complexity index is 890. The first-order valence-electron chi connectivity index (χ1n) is 10.3. The first kappa shape index (κ1) is 22.6. The highest BCUT2D eigenvalue weighted by Gasteiger charge is 2.32. The molecule has 1 fully saturated rings. The van der Waals surface area contributed by atoms with Crippen LogP contribution >= 0.6 is 0 Å². The summed E-state index contributed by atoms with van der Waals surface area (Å²) in [6, 6.07) is 8.93. The van der Waals surface area contributed by atoms with Gasteiger partial charge in [-0.1, -0.05) is 12.1 Å². The molecule has 0 N–H and O–H groups in total. The Morgan fingerprint density at radius 2 is 2.00 bits per heavy atom. The highest BCUT2D eigenvalue weighted by Crippen LogP contribution is 2.32. The van der Waals surface area contributed by atoms with Crippen molar-refractivity contribution >= 4 is 11.8 Å². The molecule has 31 heavy (non-hydrogen) atoms. The van der Waals surface area contributed by atoms with E-state index in [-0.39, 0.29) is 24.5 Å². The lowest BCUT2D eigenvalue weighted by Gasteiger charge is -2.39. The summed E-state index contributed by atoms with van der Waals surface area (Å²) in [5.41, 5.74) is 1.38. The van der Waals surface area contributed by atoms with Crippen LogP contribution in [0, 0.1) is 0 Å². The van der Waals surface area contributed by atoms with Gasteiger partial charge in [-0.05, 0) is 36.6 Å². The van der Waals surface area contributed by atoms with E-state index in [0.717, 1.165) is 18.4 Å². The van der Waals surface area contributed by atoms with E-state index in [9.17, 15) is 9.59 Å². The van der Waals surface area contributed by atoms with Crippen molar-refractivity contribution in [2.45, 2.75) is 25.4 Å². The number of likely N-dealkylation sites (tertiary alicyclic amines) is 1. The van der Waals surface area contributed by atoms with Gasteiger partial charge in [0.05, 0.1) is 19.8 Å². The zero-order chi connectivity index (χ0) is 22.2. The molecule has 0 spiro atoms. The van der Waals surface area contributed by atoms with Crippen molar-refractivity contribution in [2.75, 3.05) is 41.0 Å². The third-order valence-corrected chi connectivity index (χ3v) is 5.42. The molecule has 2 heterocycles. The number of rotatable bonds is 8. The second-order valence-corrected chi connectivity index (χ2v) is 7.40. The van der Waals surface area contributed by atoms with E-state index in [1.54, 1.807) is 47.5 Å². The Kier molecular flexibility index (Phi) is 7.83. The number of amides is 2. The van der Waals surface area contributed by atoms with Crippen LogP contribution in [0.2, 0.25) is 0 Å². The third kappa shape index (κ3) is 5.32. The van der Waals surface area contributed by atoms with Gasteiger partial charge in [-0.3, -0.25) is 14.6 Å². The fourth-order valence-corrected chi connectivity index (χ4v) is 3.94. The van der Waals surface area contributed by atoms with Gasteiger partial charge in [-0.15, -0.1) is 0 Å². The minimum atomic E-state index is -0.138. The van der Waals surface area contributed by atoms with Crippen molar-refractivity contribution in [3.8, 4) is 11.5 Å². The van der Waals surface area contributed by atoms with Gasteiger partial charge >= 0.3 is 0 Å². The molecule has 1 aliphatic heterocycles. The lowest BCUT2D eigenvalue weighted by Crippen LogP contribution is -2.52. The third-order valence-electron chi connectivity index (χ3n) is 5.42. The van der Waals surface area contributed by atoms with Gasteiger partial charge in [0.1, 0.15) is 6.61 Å². The van der Waals surface area contributed by atoms with E-state index < -0.39 is 0 Å². The molecule has 2 aromatic rings. The molecular formula is C23H29N3O5. The average molecular weight is 428 g/mol. The van der Waals surface area contributed by atoms with Crippen molar-refractivity contribution in [3.63, 3.8) is 0 Å². The Morgan fingerprint density at radius 1 is 1.16 bits per heavy atom. The van der Waals surface area contributed by atoms with Gasteiger partial charge in [-0.2, -0.15) is 0 Å². The van der Waals surface area contributed by atoms with Crippen molar-refractivity contribution in [1.29, 1.82) is 0 Å². The smallest absolute Gasteiger partial charge is 0.257 e. The van der Waals surface area contributed by atoms with E-state index in [2.05, 4.69) is 4.98 Å². The number of methoxy groups -OCH3 is 3. The summed E-state index contributed by atoms with van der Waals surface area (Å²) in [5.74, 6) is 0.681. The number of hydrogen-bond donors (Lipinski definition) is 0. The number of benzene rings is 1. The highest BCUT2D eigenvalue weighted by atomic mass is 16.5. The highest BCUT2D eigenvalue weighted by molar-refractivity contribution is 5.98. The molecule has 1 atom stereocenters. The summed E-state index contributed by atoms with van der Waals surface area (Å²) in [4.78, 5) is 33.9. The first-order valence-corrected chi connectivity index (χ1v) is 10.3. The SMILES string of the molecule is COCC(=O)N(Cc1cccnc1)C1CCCN(C(=O)c2cccc(OC)c2OC)C1. The maximum absolute atomic E-state index is 13.3. The lowest BCUT2D eigenvalue weighted by molar-refractivity contribution is -0.139. The van der Waals surface area contributed by atoms with Gasteiger partial charge in [0.25, 0.3) is 5.91 Å². The van der Waals surface area contributed by atoms with Crippen LogP contribution in [0.15, 0.2) is 42.7 Å². The van der Waals surface area contributed by atoms with Crippen LogP contribution in [0.3, 0.4) is 0 Å². The summed E-state index contributed by atoms with van der Waals surface area (Å²) < 4.78 is 15.9. The maximum atomic E-state index is 13.3. The first-order chi connectivity index (χ1) is 15.1. The molecule has 0 saturated carbocycles. The number of aromatic nitrogens is 1. The predicted molar refractivity (Wildman–Crippen MR) is 115 cm³/mol. The van der Waals surface area contributed by atoms with Crippen LogP contribution in [0.4, 0.5) is 0 Å². The number of para-hydroxylation sites is 1. The maximum Gasteiger partial charge on any atom is 0.257 e. The van der Waals surface area contributed by atoms with Crippen molar-refractivity contribution in [2.24, 2.45) is 0 Å². The van der Waals surface area contributed by atoms with Gasteiger partial charge in [0.15, 0.2) is 11.5 Å². The zero-order valence-electron chi connectivity index (χ0n) is 18.2. The Balaban J connectivity index is 1.81. The van der Waals surface area contributed by atoms with Crippen LogP contribution in [0.25, 0.3) is 0 Å². The quantitative estimate of drug-likeness (QED) is 0.644. The average Bonchev–Trinajstić information content (AvgIpc) is 2.82. The van der Waals surface area contributed by atoms with E-state index in [0.29, 0.717) is 36.7 Å². The van der Waals surface area contributed by atoms with Crippen LogP contribution in [-0.2, 0) is 16.1 Å². The fraction of sp³-hybridized carbons (Fsp3) is 0.435. The Morgan fingerprint density at radius 3 is 2.68 bits per heavy atom. The predicted octanol–water partition coefficient (Wildman–Crippen LogP) is 2.38. The number of pyridine rings is 1. The monoisotopic (exact) mass is 427 g/mol. The number of piperidine rings is 1. The topological polar surface area (TPSA) is 81.2 Å². The number of carbonyl (C=O) groups is 2. The van der Waals surface area contributed by atoms with E-state index >= 15 is 0 Å². The van der Waals surface area contributed by atoms with Gasteiger partial charge in [-0.25, -0.2) is 0 Å². The molecule has 0 aliphatic carbocycles. The molecule has 0 radical (unpaired) electrons. The van der Waals surface area contributed by atoms with E-state index in [4.69, 9.17) is 14.2 Å². The van der Waals surface area contributed by atoms with Crippen LogP contribution in [0.5, 0.6) is 11.5 Å². The molecule has 1 aromatic heterocycles. The van der Waals surface area contributed by atoms with Crippen molar-refractivity contribution in [1.82, 2.24) is 14.8 Å². The summed E-state index contributed by atoms with van der Waals surface area (Å²) in [6.07, 6.45) is 5.06. The second kappa shape index (κ2) is 10.8. The largest absolute Gasteiger partial charge is 0.493 e. The molecule has 1 aliphatic rings. The normalized spacial score (nSPS) is 16.0. The van der Waals surface area contributed by atoms with Crippen LogP contribution in [0.1, 0.15) is 28.8 Å².